The lowest BCUT2D eigenvalue weighted by Gasteiger charge is -2.06. The van der Waals surface area contributed by atoms with Crippen LogP contribution in [0.2, 0.25) is 0 Å². The maximum absolute atomic E-state index is 4.28. The normalized spacial score (nSPS) is 10.1. The van der Waals surface area contributed by atoms with Gasteiger partial charge in [0.05, 0.1) is 0 Å². The van der Waals surface area contributed by atoms with E-state index in [-0.39, 0.29) is 0 Å². The van der Waals surface area contributed by atoms with Crippen LogP contribution in [-0.4, -0.2) is 15.0 Å². The Kier molecular flexibility index (Phi) is 3.46. The van der Waals surface area contributed by atoms with Gasteiger partial charge in [-0.25, -0.2) is 9.97 Å². The summed E-state index contributed by atoms with van der Waals surface area (Å²) in [5.74, 6) is 1.56. The van der Waals surface area contributed by atoms with Crippen LogP contribution in [0.15, 0.2) is 35.2 Å². The van der Waals surface area contributed by atoms with Crippen LogP contribution in [0.1, 0.15) is 11.4 Å². The minimum Gasteiger partial charge on any atom is -0.366 e. The molecular formula is C11H11BrN4. The molecule has 1 N–H and O–H groups in total. The number of aromatic nitrogens is 3. The summed E-state index contributed by atoms with van der Waals surface area (Å²) in [4.78, 5) is 12.4. The fourth-order valence-corrected chi connectivity index (χ4v) is 1.79. The van der Waals surface area contributed by atoms with Gasteiger partial charge in [-0.1, -0.05) is 0 Å². The summed E-state index contributed by atoms with van der Waals surface area (Å²) in [6.07, 6.45) is 3.55. The Morgan fingerprint density at radius 3 is 2.69 bits per heavy atom. The number of aryl methyl sites for hydroxylation is 1. The molecule has 82 valence electrons. The van der Waals surface area contributed by atoms with E-state index in [1.165, 1.54) is 5.56 Å². The molecule has 0 saturated heterocycles. The Morgan fingerprint density at radius 1 is 1.25 bits per heavy atom. The van der Waals surface area contributed by atoms with Gasteiger partial charge in [0.2, 0.25) is 0 Å². The predicted molar refractivity (Wildman–Crippen MR) is 66.0 cm³/mol. The Hall–Kier alpha value is -1.49. The van der Waals surface area contributed by atoms with Crippen molar-refractivity contribution in [3.8, 4) is 0 Å². The molecule has 0 bridgehead atoms. The molecule has 0 atom stereocenters. The molecular weight excluding hydrogens is 268 g/mol. The van der Waals surface area contributed by atoms with E-state index in [2.05, 4.69) is 36.2 Å². The summed E-state index contributed by atoms with van der Waals surface area (Å²) in [5, 5.41) is 3.23. The third kappa shape index (κ3) is 3.00. The first-order valence-electron chi connectivity index (χ1n) is 4.88. The van der Waals surface area contributed by atoms with Crippen LogP contribution >= 0.6 is 15.9 Å². The molecule has 0 aliphatic rings. The van der Waals surface area contributed by atoms with E-state index >= 15 is 0 Å². The SMILES string of the molecule is Cc1nc(Br)cc(NCc2ccncc2)n1. The molecule has 0 aliphatic heterocycles. The summed E-state index contributed by atoms with van der Waals surface area (Å²) in [6.45, 7) is 2.59. The molecule has 0 saturated carbocycles. The summed E-state index contributed by atoms with van der Waals surface area (Å²) in [6, 6.07) is 5.79. The number of anilines is 1. The van der Waals surface area contributed by atoms with Gasteiger partial charge >= 0.3 is 0 Å². The first kappa shape index (κ1) is 11.0. The van der Waals surface area contributed by atoms with E-state index in [9.17, 15) is 0 Å². The van der Waals surface area contributed by atoms with Crippen molar-refractivity contribution in [3.05, 3.63) is 46.6 Å². The molecule has 4 nitrogen and oxygen atoms in total. The van der Waals surface area contributed by atoms with Crippen LogP contribution in [0.25, 0.3) is 0 Å². The molecule has 2 rings (SSSR count). The molecule has 0 aromatic carbocycles. The minimum atomic E-state index is 0.728. The molecule has 0 radical (unpaired) electrons. The maximum Gasteiger partial charge on any atom is 0.131 e. The standard InChI is InChI=1S/C11H11BrN4/c1-8-15-10(12)6-11(16-8)14-7-9-2-4-13-5-3-9/h2-6H,7H2,1H3,(H,14,15,16). The van der Waals surface area contributed by atoms with E-state index < -0.39 is 0 Å². The molecule has 0 aliphatic carbocycles. The molecule has 2 heterocycles. The number of pyridine rings is 1. The van der Waals surface area contributed by atoms with Gasteiger partial charge in [0, 0.05) is 25.0 Å². The first-order valence-corrected chi connectivity index (χ1v) is 5.67. The number of halogens is 1. The first-order chi connectivity index (χ1) is 7.74. The van der Waals surface area contributed by atoms with E-state index in [0.29, 0.717) is 0 Å². The lowest BCUT2D eigenvalue weighted by molar-refractivity contribution is 1.01. The van der Waals surface area contributed by atoms with Crippen molar-refractivity contribution in [1.82, 2.24) is 15.0 Å². The lowest BCUT2D eigenvalue weighted by atomic mass is 10.3. The molecule has 2 aromatic heterocycles. The van der Waals surface area contributed by atoms with Gasteiger partial charge in [0.15, 0.2) is 0 Å². The fraction of sp³-hybridized carbons (Fsp3) is 0.182. The largest absolute Gasteiger partial charge is 0.366 e. The van der Waals surface area contributed by atoms with Gasteiger partial charge in [-0.05, 0) is 40.5 Å². The minimum absolute atomic E-state index is 0.728. The highest BCUT2D eigenvalue weighted by Gasteiger charge is 1.99. The Balaban J connectivity index is 2.05. The molecule has 16 heavy (non-hydrogen) atoms. The van der Waals surface area contributed by atoms with Crippen molar-refractivity contribution in [2.24, 2.45) is 0 Å². The summed E-state index contributed by atoms with van der Waals surface area (Å²) in [5.41, 5.74) is 1.17. The van der Waals surface area contributed by atoms with E-state index in [1.807, 2.05) is 25.1 Å². The summed E-state index contributed by atoms with van der Waals surface area (Å²) in [7, 11) is 0. The maximum atomic E-state index is 4.28. The van der Waals surface area contributed by atoms with E-state index in [0.717, 1.165) is 22.8 Å². The third-order valence-electron chi connectivity index (χ3n) is 2.03. The Labute approximate surface area is 102 Å². The molecule has 5 heteroatoms. The molecule has 0 fully saturated rings. The van der Waals surface area contributed by atoms with E-state index in [1.54, 1.807) is 12.4 Å². The van der Waals surface area contributed by atoms with Crippen LogP contribution in [0.4, 0.5) is 5.82 Å². The molecule has 0 amide bonds. The highest BCUT2D eigenvalue weighted by Crippen LogP contribution is 2.12. The van der Waals surface area contributed by atoms with Gasteiger partial charge in [-0.2, -0.15) is 0 Å². The van der Waals surface area contributed by atoms with Crippen LogP contribution in [-0.2, 0) is 6.54 Å². The van der Waals surface area contributed by atoms with Crippen molar-refractivity contribution in [1.29, 1.82) is 0 Å². The average molecular weight is 279 g/mol. The smallest absolute Gasteiger partial charge is 0.131 e. The van der Waals surface area contributed by atoms with Crippen molar-refractivity contribution in [3.63, 3.8) is 0 Å². The van der Waals surface area contributed by atoms with Crippen LogP contribution in [0, 0.1) is 6.92 Å². The highest BCUT2D eigenvalue weighted by atomic mass is 79.9. The number of nitrogens with one attached hydrogen (secondary N) is 1. The number of rotatable bonds is 3. The Bertz CT molecular complexity index is 452. The zero-order valence-corrected chi connectivity index (χ0v) is 10.4. The molecule has 0 spiro atoms. The van der Waals surface area contributed by atoms with Gasteiger partial charge < -0.3 is 5.32 Å². The van der Waals surface area contributed by atoms with Crippen LogP contribution < -0.4 is 5.32 Å². The van der Waals surface area contributed by atoms with Gasteiger partial charge in [0.1, 0.15) is 16.2 Å². The second-order valence-corrected chi connectivity index (χ2v) is 4.14. The van der Waals surface area contributed by atoms with Gasteiger partial charge in [0.25, 0.3) is 0 Å². The molecule has 0 unspecified atom stereocenters. The highest BCUT2D eigenvalue weighted by molar-refractivity contribution is 9.10. The lowest BCUT2D eigenvalue weighted by Crippen LogP contribution is -2.03. The summed E-state index contributed by atoms with van der Waals surface area (Å²) >= 11 is 3.34. The quantitative estimate of drug-likeness (QED) is 0.877. The van der Waals surface area contributed by atoms with Crippen LogP contribution in [0.5, 0.6) is 0 Å². The van der Waals surface area contributed by atoms with Crippen molar-refractivity contribution in [2.75, 3.05) is 5.32 Å². The predicted octanol–water partition coefficient (Wildman–Crippen LogP) is 2.55. The zero-order valence-electron chi connectivity index (χ0n) is 8.81. The van der Waals surface area contributed by atoms with Crippen LogP contribution in [0.3, 0.4) is 0 Å². The van der Waals surface area contributed by atoms with Crippen molar-refractivity contribution in [2.45, 2.75) is 13.5 Å². The van der Waals surface area contributed by atoms with Crippen molar-refractivity contribution < 1.29 is 0 Å². The van der Waals surface area contributed by atoms with Gasteiger partial charge in [-0.3, -0.25) is 4.98 Å². The average Bonchev–Trinajstić information content (AvgIpc) is 2.27. The number of hydrogen-bond acceptors (Lipinski definition) is 4. The van der Waals surface area contributed by atoms with Crippen molar-refractivity contribution >= 4 is 21.7 Å². The topological polar surface area (TPSA) is 50.7 Å². The zero-order chi connectivity index (χ0) is 11.4. The summed E-state index contributed by atoms with van der Waals surface area (Å²) < 4.78 is 0.789. The second kappa shape index (κ2) is 5.03. The monoisotopic (exact) mass is 278 g/mol. The third-order valence-corrected chi connectivity index (χ3v) is 2.44. The number of nitrogens with zero attached hydrogens (tertiary/aromatic N) is 3. The second-order valence-electron chi connectivity index (χ2n) is 3.33. The van der Waals surface area contributed by atoms with E-state index in [4.69, 9.17) is 0 Å². The molecule has 2 aromatic rings. The Morgan fingerprint density at radius 2 is 2.00 bits per heavy atom. The number of hydrogen-bond donors (Lipinski definition) is 1. The van der Waals surface area contributed by atoms with Gasteiger partial charge in [-0.15, -0.1) is 0 Å². The fourth-order valence-electron chi connectivity index (χ4n) is 1.32.